The zero-order chi connectivity index (χ0) is 15.8. The molecule has 2 aliphatic rings. The summed E-state index contributed by atoms with van der Waals surface area (Å²) in [6, 6.07) is 7.97. The molecular formula is C15H14BNO5S. The van der Waals surface area contributed by atoms with Gasteiger partial charge in [-0.2, -0.15) is 0 Å². The molecule has 1 amide bonds. The lowest BCUT2D eigenvalue weighted by atomic mass is 9.76. The summed E-state index contributed by atoms with van der Waals surface area (Å²) >= 11 is 1.63. The van der Waals surface area contributed by atoms with Crippen molar-refractivity contribution in [3.8, 4) is 16.2 Å². The molecule has 8 heteroatoms. The molecule has 0 saturated heterocycles. The number of rotatable bonds is 3. The van der Waals surface area contributed by atoms with E-state index in [0.717, 1.165) is 27.2 Å². The number of hydrogen-bond donors (Lipinski definition) is 2. The summed E-state index contributed by atoms with van der Waals surface area (Å²) in [5.74, 6) is 0.751. The van der Waals surface area contributed by atoms with Gasteiger partial charge >= 0.3 is 13.2 Å². The molecule has 6 nitrogen and oxygen atoms in total. The number of ether oxygens (including phenoxy) is 1. The maximum absolute atomic E-state index is 10.8. The van der Waals surface area contributed by atoms with Crippen LogP contribution in [0.3, 0.4) is 0 Å². The van der Waals surface area contributed by atoms with Crippen LogP contribution in [0.15, 0.2) is 29.6 Å². The third kappa shape index (κ3) is 2.58. The molecule has 1 aromatic heterocycles. The summed E-state index contributed by atoms with van der Waals surface area (Å²) in [6.07, 6.45) is -1.47. The van der Waals surface area contributed by atoms with Crippen LogP contribution in [0.1, 0.15) is 11.7 Å². The van der Waals surface area contributed by atoms with Gasteiger partial charge in [0.2, 0.25) is 0 Å². The van der Waals surface area contributed by atoms with Gasteiger partial charge in [-0.15, -0.1) is 11.3 Å². The van der Waals surface area contributed by atoms with E-state index in [9.17, 15) is 4.79 Å². The molecule has 23 heavy (non-hydrogen) atoms. The predicted octanol–water partition coefficient (Wildman–Crippen LogP) is 1.86. The lowest BCUT2D eigenvalue weighted by molar-refractivity contribution is 0.138. The number of amides is 1. The van der Waals surface area contributed by atoms with E-state index >= 15 is 0 Å². The molecule has 0 bridgehead atoms. The van der Waals surface area contributed by atoms with Gasteiger partial charge in [0.05, 0.1) is 12.7 Å². The van der Waals surface area contributed by atoms with Crippen molar-refractivity contribution in [1.29, 1.82) is 0 Å². The van der Waals surface area contributed by atoms with Gasteiger partial charge in [-0.1, -0.05) is 6.07 Å². The molecule has 118 valence electrons. The van der Waals surface area contributed by atoms with E-state index in [1.807, 2.05) is 29.6 Å². The first kappa shape index (κ1) is 14.6. The Morgan fingerprint density at radius 2 is 2.30 bits per heavy atom. The van der Waals surface area contributed by atoms with Crippen LogP contribution < -0.4 is 15.5 Å². The first-order chi connectivity index (χ1) is 11.2. The standard InChI is InChI=1S/C15H14BNO5S/c18-15(19)17-8-11-13-9(12-2-1-7-23-12)3-4-10-14(13)16(22-11)21-6-5-20-10/h1-4,7,11,17H,5-6,8H2,(H,18,19). The van der Waals surface area contributed by atoms with Crippen LogP contribution in [0, 0.1) is 0 Å². The fourth-order valence-corrected chi connectivity index (χ4v) is 3.79. The van der Waals surface area contributed by atoms with Crippen LogP contribution in [0.4, 0.5) is 4.79 Å². The molecule has 1 atom stereocenters. The molecule has 1 unspecified atom stereocenters. The van der Waals surface area contributed by atoms with E-state index in [1.165, 1.54) is 0 Å². The Hall–Kier alpha value is -2.03. The van der Waals surface area contributed by atoms with Gasteiger partial charge in [0, 0.05) is 16.9 Å². The molecular weight excluding hydrogens is 317 g/mol. The van der Waals surface area contributed by atoms with Crippen LogP contribution in [0.2, 0.25) is 0 Å². The number of carbonyl (C=O) groups is 1. The molecule has 2 aromatic rings. The maximum atomic E-state index is 10.8. The second-order valence-electron chi connectivity index (χ2n) is 5.28. The number of hydrogen-bond acceptors (Lipinski definition) is 5. The summed E-state index contributed by atoms with van der Waals surface area (Å²) in [7, 11) is -0.511. The quantitative estimate of drug-likeness (QED) is 0.840. The lowest BCUT2D eigenvalue weighted by Gasteiger charge is -2.17. The zero-order valence-electron chi connectivity index (χ0n) is 12.2. The highest BCUT2D eigenvalue weighted by Gasteiger charge is 2.43. The highest BCUT2D eigenvalue weighted by atomic mass is 32.1. The minimum atomic E-state index is -1.07. The number of nitrogens with one attached hydrogen (secondary N) is 1. The summed E-state index contributed by atoms with van der Waals surface area (Å²) in [6.45, 7) is 1.08. The molecule has 1 aromatic carbocycles. The number of thiophene rings is 1. The van der Waals surface area contributed by atoms with E-state index < -0.39 is 19.3 Å². The molecule has 0 fully saturated rings. The monoisotopic (exact) mass is 331 g/mol. The van der Waals surface area contributed by atoms with Crippen molar-refractivity contribution in [1.82, 2.24) is 5.32 Å². The van der Waals surface area contributed by atoms with Crippen molar-refractivity contribution < 1.29 is 23.9 Å². The van der Waals surface area contributed by atoms with Crippen molar-refractivity contribution in [2.45, 2.75) is 6.10 Å². The molecule has 2 aliphatic heterocycles. The van der Waals surface area contributed by atoms with E-state index in [2.05, 4.69) is 5.32 Å². The van der Waals surface area contributed by atoms with E-state index in [0.29, 0.717) is 13.2 Å². The van der Waals surface area contributed by atoms with Gasteiger partial charge in [-0.3, -0.25) is 0 Å². The second-order valence-corrected chi connectivity index (χ2v) is 6.23. The second kappa shape index (κ2) is 5.88. The summed E-state index contributed by atoms with van der Waals surface area (Å²) in [5, 5.41) is 13.3. The Labute approximate surface area is 137 Å². The molecule has 3 heterocycles. The van der Waals surface area contributed by atoms with Gasteiger partial charge in [0.15, 0.2) is 0 Å². The van der Waals surface area contributed by atoms with Gasteiger partial charge in [-0.05, 0) is 34.7 Å². The summed E-state index contributed by atoms with van der Waals surface area (Å²) in [5.41, 5.74) is 2.86. The largest absolute Gasteiger partial charge is 0.498 e. The average molecular weight is 331 g/mol. The predicted molar refractivity (Wildman–Crippen MR) is 86.4 cm³/mol. The van der Waals surface area contributed by atoms with Crippen LogP contribution in [0.5, 0.6) is 5.75 Å². The highest BCUT2D eigenvalue weighted by molar-refractivity contribution is 7.13. The Morgan fingerprint density at radius 1 is 1.39 bits per heavy atom. The van der Waals surface area contributed by atoms with E-state index in [4.69, 9.17) is 19.2 Å². The molecule has 0 spiro atoms. The number of benzene rings is 1. The van der Waals surface area contributed by atoms with Crippen molar-refractivity contribution in [2.24, 2.45) is 0 Å². The van der Waals surface area contributed by atoms with Crippen molar-refractivity contribution >= 4 is 30.0 Å². The SMILES string of the molecule is O=C(O)NCC1OB2OCCOc3ccc(-c4cccs4)c1c32. The molecule has 0 radical (unpaired) electrons. The Morgan fingerprint density at radius 3 is 3.09 bits per heavy atom. The average Bonchev–Trinajstić information content (AvgIpc) is 3.13. The van der Waals surface area contributed by atoms with Crippen LogP contribution >= 0.6 is 11.3 Å². The Kier molecular flexibility index (Phi) is 3.72. The van der Waals surface area contributed by atoms with Crippen LogP contribution in [0.25, 0.3) is 10.4 Å². The smallest absolute Gasteiger partial charge is 0.492 e. The van der Waals surface area contributed by atoms with Gasteiger partial charge < -0.3 is 24.5 Å². The minimum Gasteiger partial charge on any atom is -0.492 e. The Balaban J connectivity index is 1.82. The summed E-state index contributed by atoms with van der Waals surface area (Å²) < 4.78 is 17.4. The normalized spacial score (nSPS) is 19.0. The third-order valence-corrected chi connectivity index (χ3v) is 4.83. The molecule has 2 N–H and O–H groups in total. The molecule has 4 rings (SSSR count). The van der Waals surface area contributed by atoms with Crippen molar-refractivity contribution in [3.63, 3.8) is 0 Å². The lowest BCUT2D eigenvalue weighted by Crippen LogP contribution is -2.32. The first-order valence-corrected chi connectivity index (χ1v) is 8.19. The Bertz CT molecular complexity index is 736. The maximum Gasteiger partial charge on any atom is 0.498 e. The fourth-order valence-electron chi connectivity index (χ4n) is 3.02. The van der Waals surface area contributed by atoms with Crippen LogP contribution in [-0.4, -0.2) is 38.1 Å². The van der Waals surface area contributed by atoms with Crippen molar-refractivity contribution in [2.75, 3.05) is 19.8 Å². The highest BCUT2D eigenvalue weighted by Crippen LogP contribution is 2.38. The summed E-state index contributed by atoms with van der Waals surface area (Å²) in [4.78, 5) is 12.0. The van der Waals surface area contributed by atoms with E-state index in [-0.39, 0.29) is 6.54 Å². The van der Waals surface area contributed by atoms with Gasteiger partial charge in [0.1, 0.15) is 12.4 Å². The van der Waals surface area contributed by atoms with Crippen LogP contribution in [-0.2, 0) is 9.31 Å². The topological polar surface area (TPSA) is 77.0 Å². The van der Waals surface area contributed by atoms with Gasteiger partial charge in [-0.25, -0.2) is 4.79 Å². The fraction of sp³-hybridized carbons (Fsp3) is 0.267. The molecule has 0 aliphatic carbocycles. The molecule has 0 saturated carbocycles. The van der Waals surface area contributed by atoms with Crippen molar-refractivity contribution in [3.05, 3.63) is 35.2 Å². The number of carboxylic acid groups (broad SMARTS) is 1. The third-order valence-electron chi connectivity index (χ3n) is 3.93. The minimum absolute atomic E-state index is 0.171. The van der Waals surface area contributed by atoms with E-state index in [1.54, 1.807) is 11.3 Å². The van der Waals surface area contributed by atoms with Gasteiger partial charge in [0.25, 0.3) is 0 Å². The first-order valence-electron chi connectivity index (χ1n) is 7.31. The zero-order valence-corrected chi connectivity index (χ0v) is 13.0.